The second kappa shape index (κ2) is 6.35. The molecular weight excluding hydrogens is 271 g/mol. The van der Waals surface area contributed by atoms with Crippen molar-refractivity contribution in [1.29, 1.82) is 0 Å². The van der Waals surface area contributed by atoms with Gasteiger partial charge in [0.1, 0.15) is 11.5 Å². The molecule has 0 saturated heterocycles. The molecule has 0 unspecified atom stereocenters. The Hall–Kier alpha value is -2.43. The molecule has 2 aromatic carbocycles. The smallest absolute Gasteiger partial charge is 0.292 e. The van der Waals surface area contributed by atoms with Crippen molar-refractivity contribution in [3.63, 3.8) is 0 Å². The number of halogens is 1. The fourth-order valence-electron chi connectivity index (χ4n) is 2.21. The normalized spacial score (nSPS) is 10.4. The first-order valence-corrected chi connectivity index (χ1v) is 6.71. The van der Waals surface area contributed by atoms with E-state index in [9.17, 15) is 14.5 Å². The number of nitro benzene ring substituents is 1. The van der Waals surface area contributed by atoms with Crippen LogP contribution in [0.2, 0.25) is 0 Å². The highest BCUT2D eigenvalue weighted by atomic mass is 19.1. The van der Waals surface area contributed by atoms with E-state index in [1.807, 2.05) is 19.9 Å². The van der Waals surface area contributed by atoms with Gasteiger partial charge in [-0.25, -0.2) is 4.39 Å². The van der Waals surface area contributed by atoms with Gasteiger partial charge in [-0.2, -0.15) is 0 Å². The minimum absolute atomic E-state index is 0.0748. The highest BCUT2D eigenvalue weighted by molar-refractivity contribution is 5.62. The molecule has 0 atom stereocenters. The molecule has 0 amide bonds. The number of hydrogen-bond acceptors (Lipinski definition) is 3. The molecule has 1 N–H and O–H groups in total. The lowest BCUT2D eigenvalue weighted by molar-refractivity contribution is -0.384. The van der Waals surface area contributed by atoms with Crippen LogP contribution in [0.3, 0.4) is 0 Å². The summed E-state index contributed by atoms with van der Waals surface area (Å²) in [5.74, 6) is -0.251. The molecule has 0 aromatic heterocycles. The second-order valence-corrected chi connectivity index (χ2v) is 5.03. The van der Waals surface area contributed by atoms with E-state index in [4.69, 9.17) is 0 Å². The highest BCUT2D eigenvalue weighted by Gasteiger charge is 2.13. The van der Waals surface area contributed by atoms with E-state index in [2.05, 4.69) is 5.32 Å². The topological polar surface area (TPSA) is 55.2 Å². The van der Waals surface area contributed by atoms with Crippen LogP contribution in [0.15, 0.2) is 36.4 Å². The molecule has 0 heterocycles. The zero-order chi connectivity index (χ0) is 15.4. The largest absolute Gasteiger partial charge is 0.379 e. The van der Waals surface area contributed by atoms with Crippen molar-refractivity contribution >= 4 is 11.4 Å². The number of nitrogens with zero attached hydrogens (tertiary/aromatic N) is 1. The third-order valence-electron chi connectivity index (χ3n) is 3.36. The van der Waals surface area contributed by atoms with Gasteiger partial charge in [-0.1, -0.05) is 12.1 Å². The fraction of sp³-hybridized carbons (Fsp3) is 0.250. The summed E-state index contributed by atoms with van der Waals surface area (Å²) in [6, 6.07) is 9.76. The van der Waals surface area contributed by atoms with E-state index in [0.717, 1.165) is 16.7 Å². The van der Waals surface area contributed by atoms with Crippen LogP contribution in [-0.4, -0.2) is 11.5 Å². The van der Waals surface area contributed by atoms with Crippen molar-refractivity contribution in [2.45, 2.75) is 20.3 Å². The average Bonchev–Trinajstić information content (AvgIpc) is 2.42. The number of nitrogens with one attached hydrogen (secondary N) is 1. The first-order valence-electron chi connectivity index (χ1n) is 6.71. The molecule has 5 heteroatoms. The summed E-state index contributed by atoms with van der Waals surface area (Å²) < 4.78 is 13.0. The summed E-state index contributed by atoms with van der Waals surface area (Å²) >= 11 is 0. The van der Waals surface area contributed by atoms with Crippen molar-refractivity contribution in [2.24, 2.45) is 0 Å². The van der Waals surface area contributed by atoms with Crippen molar-refractivity contribution in [3.05, 3.63) is 69.0 Å². The van der Waals surface area contributed by atoms with Crippen LogP contribution in [0.1, 0.15) is 16.7 Å². The van der Waals surface area contributed by atoms with Crippen molar-refractivity contribution in [1.82, 2.24) is 0 Å². The Balaban J connectivity index is 2.05. The molecule has 0 radical (unpaired) electrons. The van der Waals surface area contributed by atoms with Crippen molar-refractivity contribution < 1.29 is 9.31 Å². The number of anilines is 1. The van der Waals surface area contributed by atoms with Gasteiger partial charge in [0.25, 0.3) is 5.69 Å². The van der Waals surface area contributed by atoms with E-state index >= 15 is 0 Å². The first kappa shape index (κ1) is 15.0. The van der Waals surface area contributed by atoms with Crippen LogP contribution in [0.4, 0.5) is 15.8 Å². The molecule has 0 bridgehead atoms. The second-order valence-electron chi connectivity index (χ2n) is 5.03. The Bertz CT molecular complexity index is 671. The van der Waals surface area contributed by atoms with Crippen LogP contribution < -0.4 is 5.32 Å². The molecule has 2 rings (SSSR count). The van der Waals surface area contributed by atoms with Gasteiger partial charge in [0.15, 0.2) is 0 Å². The van der Waals surface area contributed by atoms with Gasteiger partial charge in [0.05, 0.1) is 4.92 Å². The molecule has 110 valence electrons. The van der Waals surface area contributed by atoms with E-state index in [-0.39, 0.29) is 11.5 Å². The predicted molar refractivity (Wildman–Crippen MR) is 81.2 cm³/mol. The van der Waals surface area contributed by atoms with E-state index in [1.165, 1.54) is 12.1 Å². The van der Waals surface area contributed by atoms with E-state index in [1.54, 1.807) is 18.2 Å². The van der Waals surface area contributed by atoms with Crippen LogP contribution in [-0.2, 0) is 6.42 Å². The number of hydrogen-bond donors (Lipinski definition) is 1. The molecule has 0 saturated carbocycles. The summed E-state index contributed by atoms with van der Waals surface area (Å²) in [7, 11) is 0. The lowest BCUT2D eigenvalue weighted by Crippen LogP contribution is -2.08. The van der Waals surface area contributed by atoms with Crippen LogP contribution >= 0.6 is 0 Å². The quantitative estimate of drug-likeness (QED) is 0.668. The molecule has 4 nitrogen and oxygen atoms in total. The van der Waals surface area contributed by atoms with Gasteiger partial charge in [0, 0.05) is 12.6 Å². The van der Waals surface area contributed by atoms with Gasteiger partial charge in [0.2, 0.25) is 0 Å². The van der Waals surface area contributed by atoms with Gasteiger partial charge < -0.3 is 5.32 Å². The number of nitro groups is 1. The maximum atomic E-state index is 13.0. The first-order chi connectivity index (χ1) is 9.97. The Morgan fingerprint density at radius 1 is 1.19 bits per heavy atom. The molecular formula is C16H17FN2O2. The van der Waals surface area contributed by atoms with Crippen molar-refractivity contribution in [3.8, 4) is 0 Å². The van der Waals surface area contributed by atoms with Gasteiger partial charge in [-0.05, 0) is 55.2 Å². The highest BCUT2D eigenvalue weighted by Crippen LogP contribution is 2.25. The SMILES string of the molecule is Cc1ccc(NCCc2ccc(F)cc2C)c([N+](=O)[O-])c1. The van der Waals surface area contributed by atoms with Gasteiger partial charge in [-0.3, -0.25) is 10.1 Å². The minimum Gasteiger partial charge on any atom is -0.379 e. The predicted octanol–water partition coefficient (Wildman–Crippen LogP) is 4.01. The Morgan fingerprint density at radius 3 is 2.62 bits per heavy atom. The van der Waals surface area contributed by atoms with E-state index in [0.29, 0.717) is 18.7 Å². The van der Waals surface area contributed by atoms with Gasteiger partial charge in [-0.15, -0.1) is 0 Å². The standard InChI is InChI=1S/C16H17FN2O2/c1-11-3-6-15(16(9-11)19(20)21)18-8-7-13-4-5-14(17)10-12(13)2/h3-6,9-10,18H,7-8H2,1-2H3. The summed E-state index contributed by atoms with van der Waals surface area (Å²) in [6.45, 7) is 4.22. The average molecular weight is 288 g/mol. The zero-order valence-electron chi connectivity index (χ0n) is 12.0. The third-order valence-corrected chi connectivity index (χ3v) is 3.36. The number of aryl methyl sites for hydroxylation is 2. The molecule has 0 spiro atoms. The van der Waals surface area contributed by atoms with Crippen LogP contribution in [0, 0.1) is 29.8 Å². The van der Waals surface area contributed by atoms with Gasteiger partial charge >= 0.3 is 0 Å². The molecule has 0 aliphatic carbocycles. The zero-order valence-corrected chi connectivity index (χ0v) is 12.0. The molecule has 21 heavy (non-hydrogen) atoms. The van der Waals surface area contributed by atoms with Crippen molar-refractivity contribution in [2.75, 3.05) is 11.9 Å². The van der Waals surface area contributed by atoms with Crippen LogP contribution in [0.25, 0.3) is 0 Å². The lowest BCUT2D eigenvalue weighted by atomic mass is 10.1. The number of rotatable bonds is 5. The molecule has 0 fully saturated rings. The molecule has 2 aromatic rings. The molecule has 0 aliphatic rings. The van der Waals surface area contributed by atoms with Crippen LogP contribution in [0.5, 0.6) is 0 Å². The Labute approximate surface area is 122 Å². The molecule has 0 aliphatic heterocycles. The Morgan fingerprint density at radius 2 is 1.95 bits per heavy atom. The fourth-order valence-corrected chi connectivity index (χ4v) is 2.21. The maximum absolute atomic E-state index is 13.0. The minimum atomic E-state index is -0.390. The third kappa shape index (κ3) is 3.78. The van der Waals surface area contributed by atoms with E-state index < -0.39 is 4.92 Å². The Kier molecular flexibility index (Phi) is 4.52. The number of benzene rings is 2. The lowest BCUT2D eigenvalue weighted by Gasteiger charge is -2.09. The maximum Gasteiger partial charge on any atom is 0.292 e. The summed E-state index contributed by atoms with van der Waals surface area (Å²) in [4.78, 5) is 10.6. The monoisotopic (exact) mass is 288 g/mol. The summed E-state index contributed by atoms with van der Waals surface area (Å²) in [6.07, 6.45) is 0.678. The summed E-state index contributed by atoms with van der Waals surface area (Å²) in [5.41, 5.74) is 3.34. The summed E-state index contributed by atoms with van der Waals surface area (Å²) in [5, 5.41) is 14.1.